The number of rotatable bonds is 4. The number of halogens is 1. The number of fused-ring (bicyclic) bond motifs is 4. The Morgan fingerprint density at radius 2 is 1.84 bits per heavy atom. The first-order chi connectivity index (χ1) is 14.9. The predicted molar refractivity (Wildman–Crippen MR) is 114 cm³/mol. The van der Waals surface area contributed by atoms with E-state index in [2.05, 4.69) is 10.6 Å². The van der Waals surface area contributed by atoms with Crippen LogP contribution in [0.25, 0.3) is 0 Å². The minimum Gasteiger partial charge on any atom is -0.392 e. The van der Waals surface area contributed by atoms with E-state index in [1.54, 1.807) is 25.1 Å². The van der Waals surface area contributed by atoms with Crippen molar-refractivity contribution in [3.05, 3.63) is 64.7 Å². The molecule has 160 valence electrons. The summed E-state index contributed by atoms with van der Waals surface area (Å²) >= 11 is 6.30. The van der Waals surface area contributed by atoms with Gasteiger partial charge in [0.25, 0.3) is 0 Å². The largest absolute Gasteiger partial charge is 0.392 e. The van der Waals surface area contributed by atoms with Gasteiger partial charge in [0.2, 0.25) is 17.7 Å². The van der Waals surface area contributed by atoms with Crippen molar-refractivity contribution in [2.75, 3.05) is 11.9 Å². The zero-order valence-corrected chi connectivity index (χ0v) is 17.6. The lowest BCUT2D eigenvalue weighted by Crippen LogP contribution is -2.54. The number of likely N-dealkylation sites (tertiary alicyclic amines) is 1. The fourth-order valence-electron chi connectivity index (χ4n) is 5.30. The summed E-state index contributed by atoms with van der Waals surface area (Å²) in [5, 5.41) is 16.7. The van der Waals surface area contributed by atoms with Crippen LogP contribution >= 0.6 is 11.6 Å². The Hall–Kier alpha value is -2.74. The van der Waals surface area contributed by atoms with Crippen LogP contribution < -0.4 is 10.6 Å². The molecule has 3 amide bonds. The molecule has 7 nitrogen and oxygen atoms in total. The highest BCUT2D eigenvalue weighted by Crippen LogP contribution is 2.54. The van der Waals surface area contributed by atoms with E-state index >= 15 is 0 Å². The molecular weight excluding hydrogens is 418 g/mol. The van der Waals surface area contributed by atoms with Crippen molar-refractivity contribution in [2.45, 2.75) is 31.0 Å². The lowest BCUT2D eigenvalue weighted by Gasteiger charge is -2.30. The Bertz CT molecular complexity index is 1090. The van der Waals surface area contributed by atoms with Crippen LogP contribution in [0.5, 0.6) is 0 Å². The van der Waals surface area contributed by atoms with Crippen molar-refractivity contribution < 1.29 is 19.5 Å². The highest BCUT2D eigenvalue weighted by molar-refractivity contribution is 6.35. The van der Waals surface area contributed by atoms with Gasteiger partial charge in [0.05, 0.1) is 28.6 Å². The van der Waals surface area contributed by atoms with Gasteiger partial charge in [-0.2, -0.15) is 0 Å². The van der Waals surface area contributed by atoms with Crippen molar-refractivity contribution in [2.24, 2.45) is 11.8 Å². The molecule has 0 bridgehead atoms. The van der Waals surface area contributed by atoms with Crippen molar-refractivity contribution in [1.29, 1.82) is 0 Å². The van der Waals surface area contributed by atoms with Gasteiger partial charge in [-0.15, -0.1) is 0 Å². The zero-order valence-electron chi connectivity index (χ0n) is 16.8. The van der Waals surface area contributed by atoms with Gasteiger partial charge >= 0.3 is 0 Å². The molecule has 3 heterocycles. The van der Waals surface area contributed by atoms with E-state index in [0.29, 0.717) is 22.7 Å². The van der Waals surface area contributed by atoms with Gasteiger partial charge in [0.15, 0.2) is 0 Å². The Balaban J connectivity index is 1.56. The lowest BCUT2D eigenvalue weighted by atomic mass is 9.76. The lowest BCUT2D eigenvalue weighted by molar-refractivity contribution is -0.143. The molecule has 5 atom stereocenters. The molecule has 1 spiro atoms. The van der Waals surface area contributed by atoms with Gasteiger partial charge in [-0.3, -0.25) is 24.6 Å². The van der Waals surface area contributed by atoms with E-state index in [1.807, 2.05) is 30.3 Å². The first-order valence-corrected chi connectivity index (χ1v) is 10.7. The number of aliphatic hydroxyl groups excluding tert-OH is 1. The summed E-state index contributed by atoms with van der Waals surface area (Å²) in [4.78, 5) is 41.4. The molecule has 0 saturated carbocycles. The molecule has 5 rings (SSSR count). The average molecular weight is 440 g/mol. The Morgan fingerprint density at radius 3 is 2.55 bits per heavy atom. The van der Waals surface area contributed by atoms with Crippen LogP contribution in [0.3, 0.4) is 0 Å². The van der Waals surface area contributed by atoms with Gasteiger partial charge in [-0.25, -0.2) is 0 Å². The number of anilines is 1. The maximum atomic E-state index is 13.6. The molecule has 2 saturated heterocycles. The van der Waals surface area contributed by atoms with Gasteiger partial charge in [-0.1, -0.05) is 54.1 Å². The summed E-state index contributed by atoms with van der Waals surface area (Å²) in [6.45, 7) is 1.78. The monoisotopic (exact) mass is 439 g/mol. The fraction of sp³-hybridized carbons (Fsp3) is 0.348. The van der Waals surface area contributed by atoms with E-state index in [9.17, 15) is 19.5 Å². The van der Waals surface area contributed by atoms with Crippen LogP contribution in [0.4, 0.5) is 5.69 Å². The minimum atomic E-state index is -1.44. The summed E-state index contributed by atoms with van der Waals surface area (Å²) < 4.78 is 0. The number of hydrogen-bond donors (Lipinski definition) is 3. The number of nitrogens with one attached hydrogen (secondary N) is 2. The molecule has 0 aromatic heterocycles. The molecule has 31 heavy (non-hydrogen) atoms. The van der Waals surface area contributed by atoms with Crippen LogP contribution in [0, 0.1) is 11.8 Å². The fourth-order valence-corrected chi connectivity index (χ4v) is 5.53. The summed E-state index contributed by atoms with van der Waals surface area (Å²) in [5.74, 6) is -2.97. The SMILES string of the molecule is C[C@H](O)[C@@H]1N[C@@]2(C(=O)Nc3c(Cl)cccc32)[C@@H]2C(=O)N(CCc3ccccc3)C(=O)[C@H]12. The Morgan fingerprint density at radius 1 is 1.10 bits per heavy atom. The molecule has 2 fully saturated rings. The second kappa shape index (κ2) is 7.15. The van der Waals surface area contributed by atoms with Crippen molar-refractivity contribution in [3.63, 3.8) is 0 Å². The van der Waals surface area contributed by atoms with Crippen molar-refractivity contribution >= 4 is 35.0 Å². The third kappa shape index (κ3) is 2.77. The zero-order chi connectivity index (χ0) is 21.9. The second-order valence-electron chi connectivity index (χ2n) is 8.40. The Kier molecular flexibility index (Phi) is 4.66. The van der Waals surface area contributed by atoms with Gasteiger partial charge < -0.3 is 10.4 Å². The minimum absolute atomic E-state index is 0.224. The van der Waals surface area contributed by atoms with Gasteiger partial charge in [-0.05, 0) is 25.0 Å². The Labute approximate surface area is 184 Å². The van der Waals surface area contributed by atoms with E-state index in [1.165, 1.54) is 4.90 Å². The molecule has 8 heteroatoms. The quantitative estimate of drug-likeness (QED) is 0.630. The van der Waals surface area contributed by atoms with Gasteiger partial charge in [0, 0.05) is 18.2 Å². The number of amides is 3. The number of benzene rings is 2. The molecule has 0 unspecified atom stereocenters. The average Bonchev–Trinajstić information content (AvgIpc) is 3.34. The van der Waals surface area contributed by atoms with E-state index < -0.39 is 41.3 Å². The third-order valence-electron chi connectivity index (χ3n) is 6.71. The second-order valence-corrected chi connectivity index (χ2v) is 8.81. The summed E-state index contributed by atoms with van der Waals surface area (Å²) in [7, 11) is 0. The highest BCUT2D eigenvalue weighted by Gasteiger charge is 2.71. The van der Waals surface area contributed by atoms with E-state index in [0.717, 1.165) is 5.56 Å². The third-order valence-corrected chi connectivity index (χ3v) is 7.03. The summed E-state index contributed by atoms with van der Waals surface area (Å²) in [5.41, 5.74) is 0.542. The first kappa shape index (κ1) is 20.2. The normalized spacial score (nSPS) is 30.0. The topological polar surface area (TPSA) is 98.7 Å². The number of carbonyl (C=O) groups excluding carboxylic acids is 3. The maximum Gasteiger partial charge on any atom is 0.250 e. The van der Waals surface area contributed by atoms with Crippen molar-refractivity contribution in [1.82, 2.24) is 10.2 Å². The molecule has 0 aliphatic carbocycles. The van der Waals surface area contributed by atoms with E-state index in [-0.39, 0.29) is 12.5 Å². The number of para-hydroxylation sites is 1. The molecule has 3 aliphatic rings. The molecule has 2 aromatic carbocycles. The molecule has 3 aliphatic heterocycles. The van der Waals surface area contributed by atoms with E-state index in [4.69, 9.17) is 11.6 Å². The molecule has 3 N–H and O–H groups in total. The maximum absolute atomic E-state index is 13.6. The van der Waals surface area contributed by atoms with Crippen LogP contribution in [0.1, 0.15) is 18.1 Å². The van der Waals surface area contributed by atoms with Gasteiger partial charge in [0.1, 0.15) is 5.54 Å². The predicted octanol–water partition coefficient (Wildman–Crippen LogP) is 1.68. The summed E-state index contributed by atoms with van der Waals surface area (Å²) in [6.07, 6.45) is -0.416. The highest BCUT2D eigenvalue weighted by atomic mass is 35.5. The summed E-state index contributed by atoms with van der Waals surface area (Å²) in [6, 6.07) is 14.0. The number of aliphatic hydroxyl groups is 1. The number of hydrogen-bond acceptors (Lipinski definition) is 5. The van der Waals surface area contributed by atoms with Crippen LogP contribution in [-0.2, 0) is 26.3 Å². The number of nitrogens with zero attached hydrogens (tertiary/aromatic N) is 1. The number of imide groups is 1. The van der Waals surface area contributed by atoms with Crippen LogP contribution in [-0.4, -0.2) is 46.4 Å². The molecular formula is C23H22ClN3O4. The van der Waals surface area contributed by atoms with Crippen LogP contribution in [0.2, 0.25) is 5.02 Å². The van der Waals surface area contributed by atoms with Crippen molar-refractivity contribution in [3.8, 4) is 0 Å². The smallest absolute Gasteiger partial charge is 0.250 e. The number of carbonyl (C=O) groups is 3. The standard InChI is InChI=1S/C23H22ClN3O4/c1-12(28)18-16-17(21(30)27(20(16)29)11-10-13-6-3-2-4-7-13)23(26-18)14-8-5-9-15(24)19(14)25-22(23)31/h2-9,12,16-18,26,28H,10-11H2,1H3,(H,25,31)/t12-,16-,17-,18-,23+/m0/s1. The molecule has 2 aromatic rings. The molecule has 0 radical (unpaired) electrons. The van der Waals surface area contributed by atoms with Crippen LogP contribution in [0.15, 0.2) is 48.5 Å². The first-order valence-electron chi connectivity index (χ1n) is 10.3.